The van der Waals surface area contributed by atoms with Gasteiger partial charge in [0.1, 0.15) is 5.60 Å². The Kier molecular flexibility index (Phi) is 4.24. The van der Waals surface area contributed by atoms with Gasteiger partial charge in [0.25, 0.3) is 0 Å². The molecule has 2 atom stereocenters. The Balaban J connectivity index is 2.05. The number of ether oxygens (including phenoxy) is 1. The van der Waals surface area contributed by atoms with Gasteiger partial charge in [0.15, 0.2) is 5.78 Å². The van der Waals surface area contributed by atoms with Crippen molar-refractivity contribution >= 4 is 5.78 Å². The van der Waals surface area contributed by atoms with Crippen molar-refractivity contribution in [1.29, 1.82) is 0 Å². The van der Waals surface area contributed by atoms with Crippen LogP contribution in [0.1, 0.15) is 64.7 Å². The molecule has 0 aromatic carbocycles. The lowest BCUT2D eigenvalue weighted by molar-refractivity contribution is -0.151. The molecular weight excluding hydrogens is 212 g/mol. The molecule has 0 spiro atoms. The maximum Gasteiger partial charge on any atom is 0.167 e. The van der Waals surface area contributed by atoms with E-state index in [1.807, 2.05) is 0 Å². The first-order chi connectivity index (χ1) is 8.18. The lowest BCUT2D eigenvalue weighted by atomic mass is 9.71. The van der Waals surface area contributed by atoms with Crippen molar-refractivity contribution in [3.63, 3.8) is 0 Å². The Morgan fingerprint density at radius 2 is 1.82 bits per heavy atom. The Morgan fingerprint density at radius 3 is 2.41 bits per heavy atom. The van der Waals surface area contributed by atoms with Crippen LogP contribution in [0.3, 0.4) is 0 Å². The molecule has 0 bridgehead atoms. The van der Waals surface area contributed by atoms with Crippen LogP contribution in [0.4, 0.5) is 0 Å². The average Bonchev–Trinajstić information content (AvgIpc) is 2.38. The number of rotatable bonds is 3. The summed E-state index contributed by atoms with van der Waals surface area (Å²) in [5.41, 5.74) is -0.417. The number of carbonyl (C=O) groups is 1. The molecule has 0 N–H and O–H groups in total. The van der Waals surface area contributed by atoms with Gasteiger partial charge in [0.05, 0.1) is 0 Å². The van der Waals surface area contributed by atoms with Crippen LogP contribution >= 0.6 is 0 Å². The maximum atomic E-state index is 12.7. The number of hydrogen-bond donors (Lipinski definition) is 0. The smallest absolute Gasteiger partial charge is 0.167 e. The number of methoxy groups -OCH3 is 1. The van der Waals surface area contributed by atoms with Crippen molar-refractivity contribution < 1.29 is 9.53 Å². The number of ketones is 1. The van der Waals surface area contributed by atoms with Crippen LogP contribution in [-0.4, -0.2) is 18.5 Å². The molecule has 2 nitrogen and oxygen atoms in total. The van der Waals surface area contributed by atoms with E-state index in [1.165, 1.54) is 19.3 Å². The predicted octanol–water partition coefficient (Wildman–Crippen LogP) is 3.73. The monoisotopic (exact) mass is 238 g/mol. The Hall–Kier alpha value is -0.370. The summed E-state index contributed by atoms with van der Waals surface area (Å²) in [5, 5.41) is 0. The summed E-state index contributed by atoms with van der Waals surface area (Å²) in [5.74, 6) is 1.42. The number of Topliss-reactive ketones (excluding diaryl/α,β-unsaturated/α-hetero) is 1. The average molecular weight is 238 g/mol. The minimum Gasteiger partial charge on any atom is -0.370 e. The first-order valence-electron chi connectivity index (χ1n) is 7.27. The zero-order valence-corrected chi connectivity index (χ0v) is 11.3. The van der Waals surface area contributed by atoms with Crippen LogP contribution in [0.5, 0.6) is 0 Å². The van der Waals surface area contributed by atoms with E-state index in [1.54, 1.807) is 7.11 Å². The van der Waals surface area contributed by atoms with Gasteiger partial charge in [-0.1, -0.05) is 39.0 Å². The van der Waals surface area contributed by atoms with Crippen molar-refractivity contribution in [2.24, 2.45) is 11.8 Å². The van der Waals surface area contributed by atoms with Gasteiger partial charge in [-0.2, -0.15) is 0 Å². The van der Waals surface area contributed by atoms with Gasteiger partial charge < -0.3 is 4.74 Å². The minimum atomic E-state index is -0.417. The molecule has 0 aliphatic heterocycles. The third-order valence-corrected chi connectivity index (χ3v) is 4.81. The van der Waals surface area contributed by atoms with E-state index in [4.69, 9.17) is 4.74 Å². The zero-order chi connectivity index (χ0) is 12.3. The largest absolute Gasteiger partial charge is 0.370 e. The molecule has 0 aromatic rings. The molecule has 0 saturated heterocycles. The van der Waals surface area contributed by atoms with Crippen LogP contribution in [0.2, 0.25) is 0 Å². The fourth-order valence-electron chi connectivity index (χ4n) is 3.72. The molecule has 2 aliphatic carbocycles. The summed E-state index contributed by atoms with van der Waals surface area (Å²) in [6.45, 7) is 2.28. The zero-order valence-electron chi connectivity index (χ0n) is 11.3. The summed E-state index contributed by atoms with van der Waals surface area (Å²) < 4.78 is 5.68. The van der Waals surface area contributed by atoms with Crippen LogP contribution in [0, 0.1) is 11.8 Å². The summed E-state index contributed by atoms with van der Waals surface area (Å²) in [6, 6.07) is 0. The lowest BCUT2D eigenvalue weighted by Gasteiger charge is -2.39. The molecule has 2 aliphatic rings. The van der Waals surface area contributed by atoms with E-state index >= 15 is 0 Å². The predicted molar refractivity (Wildman–Crippen MR) is 69.0 cm³/mol. The minimum absolute atomic E-state index is 0.275. The van der Waals surface area contributed by atoms with Gasteiger partial charge in [-0.3, -0.25) is 4.79 Å². The van der Waals surface area contributed by atoms with Crippen LogP contribution in [0.15, 0.2) is 0 Å². The molecule has 0 heterocycles. The van der Waals surface area contributed by atoms with Crippen molar-refractivity contribution in [2.75, 3.05) is 7.11 Å². The Labute approximate surface area is 105 Å². The van der Waals surface area contributed by atoms with E-state index in [0.717, 1.165) is 44.4 Å². The van der Waals surface area contributed by atoms with Crippen molar-refractivity contribution in [1.82, 2.24) is 0 Å². The van der Waals surface area contributed by atoms with Crippen molar-refractivity contribution in [3.05, 3.63) is 0 Å². The van der Waals surface area contributed by atoms with E-state index in [9.17, 15) is 4.79 Å². The molecule has 98 valence electrons. The molecule has 0 aromatic heterocycles. The van der Waals surface area contributed by atoms with E-state index in [0.29, 0.717) is 5.78 Å². The SMILES string of the molecule is COC1(C(=O)C2CCCC(C)C2)CCCCC1. The molecule has 17 heavy (non-hydrogen) atoms. The van der Waals surface area contributed by atoms with Crippen LogP contribution in [0.25, 0.3) is 0 Å². The summed E-state index contributed by atoms with van der Waals surface area (Å²) >= 11 is 0. The standard InChI is InChI=1S/C15H26O2/c1-12-7-6-8-13(11-12)14(16)15(17-2)9-4-3-5-10-15/h12-13H,3-11H2,1-2H3. The van der Waals surface area contributed by atoms with Crippen LogP contribution in [-0.2, 0) is 9.53 Å². The number of carbonyl (C=O) groups excluding carboxylic acids is 1. The third kappa shape index (κ3) is 2.73. The molecule has 0 amide bonds. The van der Waals surface area contributed by atoms with E-state index in [-0.39, 0.29) is 5.92 Å². The second-order valence-corrected chi connectivity index (χ2v) is 6.09. The molecule has 2 saturated carbocycles. The van der Waals surface area contributed by atoms with Crippen LogP contribution < -0.4 is 0 Å². The Morgan fingerprint density at radius 1 is 1.12 bits per heavy atom. The normalized spacial score (nSPS) is 33.3. The molecule has 2 fully saturated rings. The first-order valence-corrected chi connectivity index (χ1v) is 7.27. The van der Waals surface area contributed by atoms with Gasteiger partial charge in [0.2, 0.25) is 0 Å². The van der Waals surface area contributed by atoms with Gasteiger partial charge in [0, 0.05) is 13.0 Å². The van der Waals surface area contributed by atoms with Crippen molar-refractivity contribution in [2.45, 2.75) is 70.3 Å². The van der Waals surface area contributed by atoms with Gasteiger partial charge in [-0.15, -0.1) is 0 Å². The van der Waals surface area contributed by atoms with Gasteiger partial charge in [-0.25, -0.2) is 0 Å². The fourth-order valence-corrected chi connectivity index (χ4v) is 3.72. The maximum absolute atomic E-state index is 12.7. The highest BCUT2D eigenvalue weighted by atomic mass is 16.5. The molecule has 2 rings (SSSR count). The topological polar surface area (TPSA) is 26.3 Å². The Bertz CT molecular complexity index is 266. The highest BCUT2D eigenvalue weighted by Crippen LogP contribution is 2.38. The number of hydrogen-bond acceptors (Lipinski definition) is 2. The highest BCUT2D eigenvalue weighted by Gasteiger charge is 2.43. The molecular formula is C15H26O2. The summed E-state index contributed by atoms with van der Waals surface area (Å²) in [7, 11) is 1.73. The molecule has 2 unspecified atom stereocenters. The summed E-state index contributed by atoms with van der Waals surface area (Å²) in [6.07, 6.45) is 10.2. The molecule has 0 radical (unpaired) electrons. The highest BCUT2D eigenvalue weighted by molar-refractivity contribution is 5.89. The second-order valence-electron chi connectivity index (χ2n) is 6.09. The lowest BCUT2D eigenvalue weighted by Crippen LogP contribution is -2.46. The summed E-state index contributed by atoms with van der Waals surface area (Å²) in [4.78, 5) is 12.7. The van der Waals surface area contributed by atoms with E-state index in [2.05, 4.69) is 6.92 Å². The van der Waals surface area contributed by atoms with Crippen molar-refractivity contribution in [3.8, 4) is 0 Å². The van der Waals surface area contributed by atoms with Gasteiger partial charge >= 0.3 is 0 Å². The first kappa shape index (κ1) is 13.1. The van der Waals surface area contributed by atoms with Gasteiger partial charge in [-0.05, 0) is 31.6 Å². The van der Waals surface area contributed by atoms with E-state index < -0.39 is 5.60 Å². The second kappa shape index (κ2) is 5.51. The third-order valence-electron chi connectivity index (χ3n) is 4.81. The molecule has 2 heteroatoms. The quantitative estimate of drug-likeness (QED) is 0.749. The fraction of sp³-hybridized carbons (Fsp3) is 0.933.